The third-order valence-corrected chi connectivity index (χ3v) is 4.91. The Kier molecular flexibility index (Phi) is 8.83. The molecule has 0 aliphatic rings. The van der Waals surface area contributed by atoms with E-state index in [0.717, 1.165) is 5.56 Å². The van der Waals surface area contributed by atoms with E-state index in [1.807, 2.05) is 19.1 Å². The van der Waals surface area contributed by atoms with Gasteiger partial charge in [0.1, 0.15) is 23.4 Å². The van der Waals surface area contributed by atoms with Crippen molar-refractivity contribution in [3.05, 3.63) is 72.3 Å². The maximum Gasteiger partial charge on any atom is 0.408 e. The first-order valence-corrected chi connectivity index (χ1v) is 11.0. The van der Waals surface area contributed by atoms with Gasteiger partial charge >= 0.3 is 6.09 Å². The maximum atomic E-state index is 13.5. The van der Waals surface area contributed by atoms with Crippen LogP contribution in [0, 0.1) is 6.92 Å². The quantitative estimate of drug-likeness (QED) is 0.502. The second-order valence-electron chi connectivity index (χ2n) is 8.91. The number of benzene rings is 2. The van der Waals surface area contributed by atoms with Gasteiger partial charge < -0.3 is 25.4 Å². The van der Waals surface area contributed by atoms with E-state index < -0.39 is 35.6 Å². The highest BCUT2D eigenvalue weighted by molar-refractivity contribution is 5.99. The highest BCUT2D eigenvalue weighted by Crippen LogP contribution is 2.31. The molecule has 0 heterocycles. The van der Waals surface area contributed by atoms with Crippen molar-refractivity contribution in [2.24, 2.45) is 0 Å². The molecular weight excluding hydrogens is 434 g/mol. The van der Waals surface area contributed by atoms with Crippen LogP contribution in [0.2, 0.25) is 0 Å². The van der Waals surface area contributed by atoms with E-state index in [4.69, 9.17) is 4.74 Å². The molecule has 2 aromatic rings. The van der Waals surface area contributed by atoms with Crippen molar-refractivity contribution in [1.82, 2.24) is 10.2 Å². The van der Waals surface area contributed by atoms with Crippen molar-refractivity contribution in [1.29, 1.82) is 0 Å². The van der Waals surface area contributed by atoms with Gasteiger partial charge in [0, 0.05) is 17.8 Å². The van der Waals surface area contributed by atoms with Crippen molar-refractivity contribution >= 4 is 23.6 Å². The van der Waals surface area contributed by atoms with E-state index >= 15 is 0 Å². The van der Waals surface area contributed by atoms with Gasteiger partial charge in [-0.05, 0) is 52.3 Å². The van der Waals surface area contributed by atoms with Crippen LogP contribution in [-0.4, -0.2) is 46.1 Å². The van der Waals surface area contributed by atoms with Crippen molar-refractivity contribution < 1.29 is 24.2 Å². The van der Waals surface area contributed by atoms with Crippen LogP contribution in [-0.2, 0) is 14.3 Å². The smallest absolute Gasteiger partial charge is 0.408 e. The molecule has 0 bridgehead atoms. The first kappa shape index (κ1) is 26.4. The molecule has 2 rings (SSSR count). The van der Waals surface area contributed by atoms with Gasteiger partial charge in [0.2, 0.25) is 5.91 Å². The van der Waals surface area contributed by atoms with Gasteiger partial charge in [0.15, 0.2) is 0 Å². The van der Waals surface area contributed by atoms with Gasteiger partial charge in [-0.2, -0.15) is 0 Å². The summed E-state index contributed by atoms with van der Waals surface area (Å²) in [6.07, 6.45) is 0.724. The molecule has 0 aliphatic carbocycles. The van der Waals surface area contributed by atoms with Crippen LogP contribution in [0.5, 0.6) is 5.75 Å². The molecule has 3 N–H and O–H groups in total. The van der Waals surface area contributed by atoms with Crippen molar-refractivity contribution in [3.63, 3.8) is 0 Å². The Bertz CT molecular complexity index is 1040. The van der Waals surface area contributed by atoms with E-state index in [-0.39, 0.29) is 17.9 Å². The third-order valence-electron chi connectivity index (χ3n) is 4.91. The molecule has 0 radical (unpaired) electrons. The van der Waals surface area contributed by atoms with Crippen molar-refractivity contribution in [2.75, 3.05) is 11.9 Å². The average Bonchev–Trinajstić information content (AvgIpc) is 2.74. The normalized spacial score (nSPS) is 12.7. The minimum absolute atomic E-state index is 0.000630. The molecule has 182 valence electrons. The summed E-state index contributed by atoms with van der Waals surface area (Å²) in [4.78, 5) is 40.4. The van der Waals surface area contributed by atoms with Crippen LogP contribution in [0.25, 0.3) is 0 Å². The van der Waals surface area contributed by atoms with Gasteiger partial charge in [-0.15, -0.1) is 6.58 Å². The Labute approximate surface area is 200 Å². The predicted molar refractivity (Wildman–Crippen MR) is 131 cm³/mol. The lowest BCUT2D eigenvalue weighted by atomic mass is 10.0. The number of carbonyl (C=O) groups excluding carboxylic acids is 3. The first-order chi connectivity index (χ1) is 15.9. The van der Waals surface area contributed by atoms with Crippen molar-refractivity contribution in [3.8, 4) is 5.75 Å². The molecule has 8 heteroatoms. The van der Waals surface area contributed by atoms with Gasteiger partial charge in [-0.25, -0.2) is 4.79 Å². The number of para-hydroxylation sites is 2. The van der Waals surface area contributed by atoms with E-state index in [1.165, 1.54) is 24.0 Å². The minimum atomic E-state index is -1.19. The summed E-state index contributed by atoms with van der Waals surface area (Å²) in [5, 5.41) is 15.9. The zero-order valence-corrected chi connectivity index (χ0v) is 20.3. The van der Waals surface area contributed by atoms with Crippen LogP contribution < -0.4 is 10.6 Å². The van der Waals surface area contributed by atoms with Crippen LogP contribution >= 0.6 is 0 Å². The molecule has 2 aromatic carbocycles. The Balaban J connectivity index is 2.42. The van der Waals surface area contributed by atoms with Gasteiger partial charge in [-0.1, -0.05) is 42.5 Å². The second-order valence-corrected chi connectivity index (χ2v) is 8.91. The highest BCUT2D eigenvalue weighted by Gasteiger charge is 2.35. The number of ether oxygens (including phenoxy) is 1. The summed E-state index contributed by atoms with van der Waals surface area (Å²) in [5.41, 5.74) is 0.931. The summed E-state index contributed by atoms with van der Waals surface area (Å²) >= 11 is 0. The number of amides is 3. The van der Waals surface area contributed by atoms with Gasteiger partial charge in [0.05, 0.1) is 0 Å². The fourth-order valence-electron chi connectivity index (χ4n) is 3.34. The standard InChI is InChI=1S/C26H33N3O5/c1-7-16-29(24(32)18(3)27-25(33)34-26(4,5)6)22(19-13-9-11-15-21(19)30)23(31)28-20-14-10-8-12-17(20)2/h7-15,18,22,30H,1,16H2,2-6H3,(H,27,33)(H,28,31). The van der Waals surface area contributed by atoms with E-state index in [1.54, 1.807) is 51.1 Å². The lowest BCUT2D eigenvalue weighted by molar-refractivity contribution is -0.139. The Morgan fingerprint density at radius 3 is 2.32 bits per heavy atom. The third kappa shape index (κ3) is 7.10. The van der Waals surface area contributed by atoms with Crippen LogP contribution in [0.1, 0.15) is 44.9 Å². The molecule has 0 spiro atoms. The fourth-order valence-corrected chi connectivity index (χ4v) is 3.34. The lowest BCUT2D eigenvalue weighted by Crippen LogP contribution is -2.51. The number of aryl methyl sites for hydroxylation is 1. The van der Waals surface area contributed by atoms with Crippen LogP contribution in [0.15, 0.2) is 61.2 Å². The number of nitrogens with zero attached hydrogens (tertiary/aromatic N) is 1. The van der Waals surface area contributed by atoms with Crippen molar-refractivity contribution in [2.45, 2.75) is 52.3 Å². The number of alkyl carbamates (subject to hydrolysis) is 1. The Morgan fingerprint density at radius 1 is 1.12 bits per heavy atom. The van der Waals surface area contributed by atoms with Crippen LogP contribution in [0.3, 0.4) is 0 Å². The monoisotopic (exact) mass is 467 g/mol. The summed E-state index contributed by atoms with van der Waals surface area (Å²) < 4.78 is 5.24. The summed E-state index contributed by atoms with van der Waals surface area (Å²) in [5.74, 6) is -1.20. The maximum absolute atomic E-state index is 13.5. The van der Waals surface area contributed by atoms with E-state index in [0.29, 0.717) is 5.69 Å². The number of nitrogens with one attached hydrogen (secondary N) is 2. The topological polar surface area (TPSA) is 108 Å². The minimum Gasteiger partial charge on any atom is -0.508 e. The zero-order chi connectivity index (χ0) is 25.5. The molecule has 0 saturated carbocycles. The first-order valence-electron chi connectivity index (χ1n) is 11.0. The predicted octanol–water partition coefficient (Wildman–Crippen LogP) is 4.31. The van der Waals surface area contributed by atoms with E-state index in [9.17, 15) is 19.5 Å². The van der Waals surface area contributed by atoms with Gasteiger partial charge in [-0.3, -0.25) is 9.59 Å². The number of aromatic hydroxyl groups is 1. The summed E-state index contributed by atoms with van der Waals surface area (Å²) in [6, 6.07) is 11.4. The Hall–Kier alpha value is -3.81. The molecular formula is C26H33N3O5. The number of carbonyl (C=O) groups is 3. The number of phenolic OH excluding ortho intramolecular Hbond substituents is 1. The molecule has 2 unspecified atom stereocenters. The molecule has 0 saturated heterocycles. The molecule has 0 aromatic heterocycles. The zero-order valence-electron chi connectivity index (χ0n) is 20.3. The lowest BCUT2D eigenvalue weighted by Gasteiger charge is -2.33. The number of hydrogen-bond acceptors (Lipinski definition) is 5. The molecule has 3 amide bonds. The second kappa shape index (κ2) is 11.4. The molecule has 2 atom stereocenters. The SMILES string of the molecule is C=CCN(C(=O)C(C)NC(=O)OC(C)(C)C)C(C(=O)Nc1ccccc1C)c1ccccc1O. The summed E-state index contributed by atoms with van der Waals surface area (Å²) in [7, 11) is 0. The molecule has 0 fully saturated rings. The molecule has 0 aliphatic heterocycles. The molecule has 8 nitrogen and oxygen atoms in total. The average molecular weight is 468 g/mol. The Morgan fingerprint density at radius 2 is 1.74 bits per heavy atom. The highest BCUT2D eigenvalue weighted by atomic mass is 16.6. The number of hydrogen-bond donors (Lipinski definition) is 3. The van der Waals surface area contributed by atoms with Crippen LogP contribution in [0.4, 0.5) is 10.5 Å². The largest absolute Gasteiger partial charge is 0.508 e. The van der Waals surface area contributed by atoms with Gasteiger partial charge in [0.25, 0.3) is 5.91 Å². The number of anilines is 1. The number of phenols is 1. The fraction of sp³-hybridized carbons (Fsp3) is 0.346. The number of rotatable bonds is 8. The van der Waals surface area contributed by atoms with E-state index in [2.05, 4.69) is 17.2 Å². The summed E-state index contributed by atoms with van der Waals surface area (Å²) in [6.45, 7) is 12.2. The molecule has 34 heavy (non-hydrogen) atoms.